The lowest BCUT2D eigenvalue weighted by atomic mass is 10.2. The number of ether oxygens (including phenoxy) is 3. The van der Waals surface area contributed by atoms with Crippen LogP contribution in [-0.2, 0) is 4.79 Å². The summed E-state index contributed by atoms with van der Waals surface area (Å²) >= 11 is 0. The van der Waals surface area contributed by atoms with Crippen LogP contribution >= 0.6 is 0 Å². The lowest BCUT2D eigenvalue weighted by Crippen LogP contribution is -2.24. The Morgan fingerprint density at radius 2 is 1.32 bits per heavy atom. The highest BCUT2D eigenvalue weighted by molar-refractivity contribution is 5.94. The standard InChI is InChI=1S/C29H21FN2O6/c30-23-12-15-24(16-13-23)36-19-27(33)32-31-18-22-11-14-25(37-28(34)20-7-3-1-4-8-20)17-26(22)38-29(35)21-9-5-2-6-10-21/h1-18H,19H2,(H,32,33). The van der Waals surface area contributed by atoms with Crippen LogP contribution in [0.3, 0.4) is 0 Å². The molecule has 0 bridgehead atoms. The van der Waals surface area contributed by atoms with Crippen molar-refractivity contribution < 1.29 is 33.0 Å². The number of carbonyl (C=O) groups is 3. The molecule has 0 spiro atoms. The minimum absolute atomic E-state index is 0.0535. The average molecular weight is 512 g/mol. The van der Waals surface area contributed by atoms with E-state index in [0.717, 1.165) is 0 Å². The van der Waals surface area contributed by atoms with E-state index in [0.29, 0.717) is 22.4 Å². The zero-order valence-corrected chi connectivity index (χ0v) is 19.9. The molecule has 0 atom stereocenters. The third-order valence-corrected chi connectivity index (χ3v) is 4.99. The highest BCUT2D eigenvalue weighted by Gasteiger charge is 2.15. The molecule has 4 aromatic carbocycles. The quantitative estimate of drug-likeness (QED) is 0.150. The van der Waals surface area contributed by atoms with Crippen molar-refractivity contribution in [1.29, 1.82) is 0 Å². The normalized spacial score (nSPS) is 10.6. The van der Waals surface area contributed by atoms with Gasteiger partial charge in [0.05, 0.1) is 17.3 Å². The Morgan fingerprint density at radius 3 is 1.95 bits per heavy atom. The van der Waals surface area contributed by atoms with Crippen molar-refractivity contribution in [2.75, 3.05) is 6.61 Å². The molecule has 1 N–H and O–H groups in total. The van der Waals surface area contributed by atoms with Crippen LogP contribution in [0.15, 0.2) is 108 Å². The molecule has 4 rings (SSSR count). The van der Waals surface area contributed by atoms with Crippen molar-refractivity contribution >= 4 is 24.1 Å². The summed E-state index contributed by atoms with van der Waals surface area (Å²) in [5.41, 5.74) is 3.29. The van der Waals surface area contributed by atoms with Crippen LogP contribution in [0.1, 0.15) is 26.3 Å². The van der Waals surface area contributed by atoms with Crippen LogP contribution in [0.2, 0.25) is 0 Å². The summed E-state index contributed by atoms with van der Waals surface area (Å²) in [5.74, 6) is -1.69. The maximum absolute atomic E-state index is 13.0. The average Bonchev–Trinajstić information content (AvgIpc) is 2.94. The van der Waals surface area contributed by atoms with Crippen LogP contribution in [0.5, 0.6) is 17.2 Å². The van der Waals surface area contributed by atoms with Gasteiger partial charge in [-0.05, 0) is 60.7 Å². The van der Waals surface area contributed by atoms with Gasteiger partial charge in [-0.3, -0.25) is 4.79 Å². The Bertz CT molecular complexity index is 1440. The smallest absolute Gasteiger partial charge is 0.343 e. The fourth-order valence-electron chi connectivity index (χ4n) is 3.13. The van der Waals surface area contributed by atoms with Crippen LogP contribution in [0.4, 0.5) is 4.39 Å². The van der Waals surface area contributed by atoms with Crippen LogP contribution in [0, 0.1) is 5.82 Å². The van der Waals surface area contributed by atoms with Gasteiger partial charge in [-0.25, -0.2) is 19.4 Å². The zero-order valence-electron chi connectivity index (χ0n) is 19.9. The molecule has 0 aliphatic rings. The predicted octanol–water partition coefficient (Wildman–Crippen LogP) is 4.79. The van der Waals surface area contributed by atoms with Gasteiger partial charge in [0, 0.05) is 11.6 Å². The molecule has 190 valence electrons. The molecule has 0 aliphatic heterocycles. The summed E-state index contributed by atoms with van der Waals surface area (Å²) in [6.07, 6.45) is 1.27. The molecule has 38 heavy (non-hydrogen) atoms. The third-order valence-electron chi connectivity index (χ3n) is 4.99. The molecule has 0 radical (unpaired) electrons. The molecular weight excluding hydrogens is 491 g/mol. The molecule has 0 saturated carbocycles. The van der Waals surface area contributed by atoms with E-state index in [1.165, 1.54) is 48.7 Å². The van der Waals surface area contributed by atoms with E-state index >= 15 is 0 Å². The number of hydrogen-bond donors (Lipinski definition) is 1. The first-order valence-electron chi connectivity index (χ1n) is 11.4. The van der Waals surface area contributed by atoms with Crippen LogP contribution in [0.25, 0.3) is 0 Å². The molecule has 0 unspecified atom stereocenters. The molecule has 8 nitrogen and oxygen atoms in total. The van der Waals surface area contributed by atoms with Gasteiger partial charge in [-0.1, -0.05) is 36.4 Å². The lowest BCUT2D eigenvalue weighted by Gasteiger charge is -2.10. The molecule has 1 amide bonds. The van der Waals surface area contributed by atoms with Gasteiger partial charge in [-0.2, -0.15) is 5.10 Å². The fourth-order valence-corrected chi connectivity index (χ4v) is 3.13. The second-order valence-electron chi connectivity index (χ2n) is 7.75. The zero-order chi connectivity index (χ0) is 26.7. The molecule has 4 aromatic rings. The maximum atomic E-state index is 13.0. The number of esters is 2. The van der Waals surface area contributed by atoms with E-state index < -0.39 is 23.7 Å². The van der Waals surface area contributed by atoms with Crippen LogP contribution in [-0.4, -0.2) is 30.7 Å². The van der Waals surface area contributed by atoms with E-state index in [1.807, 2.05) is 0 Å². The summed E-state index contributed by atoms with van der Waals surface area (Å²) < 4.78 is 29.2. The van der Waals surface area contributed by atoms with Crippen molar-refractivity contribution in [2.24, 2.45) is 5.10 Å². The van der Waals surface area contributed by atoms with Gasteiger partial charge in [0.1, 0.15) is 23.1 Å². The van der Waals surface area contributed by atoms with Crippen molar-refractivity contribution in [3.05, 3.63) is 126 Å². The predicted molar refractivity (Wildman–Crippen MR) is 137 cm³/mol. The molecular formula is C29H21FN2O6. The Labute approximate surface area is 217 Å². The minimum atomic E-state index is -0.636. The highest BCUT2D eigenvalue weighted by Crippen LogP contribution is 2.26. The molecule has 0 heterocycles. The highest BCUT2D eigenvalue weighted by atomic mass is 19.1. The SMILES string of the molecule is O=C(COc1ccc(F)cc1)NN=Cc1ccc(OC(=O)c2ccccc2)cc1OC(=O)c1ccccc1. The number of hydrogen-bond acceptors (Lipinski definition) is 7. The van der Waals surface area contributed by atoms with Gasteiger partial charge >= 0.3 is 11.9 Å². The Kier molecular flexibility index (Phi) is 8.54. The monoisotopic (exact) mass is 512 g/mol. The first kappa shape index (κ1) is 25.8. The van der Waals surface area contributed by atoms with Gasteiger partial charge in [0.25, 0.3) is 5.91 Å². The number of carbonyl (C=O) groups excluding carboxylic acids is 3. The third kappa shape index (κ3) is 7.34. The molecule has 0 saturated heterocycles. The molecule has 9 heteroatoms. The topological polar surface area (TPSA) is 103 Å². The summed E-state index contributed by atoms with van der Waals surface area (Å²) in [6, 6.07) is 26.4. The first-order chi connectivity index (χ1) is 18.5. The van der Waals surface area contributed by atoms with E-state index in [2.05, 4.69) is 10.5 Å². The van der Waals surface area contributed by atoms with E-state index in [-0.39, 0.29) is 18.1 Å². The van der Waals surface area contributed by atoms with Crippen LogP contribution < -0.4 is 19.6 Å². The summed E-state index contributed by atoms with van der Waals surface area (Å²) in [7, 11) is 0. The summed E-state index contributed by atoms with van der Waals surface area (Å²) in [5, 5.41) is 3.88. The first-order valence-corrected chi connectivity index (χ1v) is 11.4. The Morgan fingerprint density at radius 1 is 0.737 bits per heavy atom. The molecule has 0 aromatic heterocycles. The van der Waals surface area contributed by atoms with Gasteiger partial charge in [0.2, 0.25) is 0 Å². The largest absolute Gasteiger partial charge is 0.484 e. The lowest BCUT2D eigenvalue weighted by molar-refractivity contribution is -0.123. The molecule has 0 aliphatic carbocycles. The second kappa shape index (κ2) is 12.6. The van der Waals surface area contributed by atoms with E-state index in [9.17, 15) is 18.8 Å². The van der Waals surface area contributed by atoms with Gasteiger partial charge < -0.3 is 14.2 Å². The van der Waals surface area contributed by atoms with Crippen molar-refractivity contribution in [1.82, 2.24) is 5.43 Å². The fraction of sp³-hybridized carbons (Fsp3) is 0.0345. The Hall–Kier alpha value is -5.31. The van der Waals surface area contributed by atoms with Gasteiger partial charge in [0.15, 0.2) is 6.61 Å². The van der Waals surface area contributed by atoms with E-state index in [1.54, 1.807) is 60.7 Å². The van der Waals surface area contributed by atoms with Crippen molar-refractivity contribution in [3.63, 3.8) is 0 Å². The number of hydrazone groups is 1. The van der Waals surface area contributed by atoms with E-state index in [4.69, 9.17) is 14.2 Å². The second-order valence-corrected chi connectivity index (χ2v) is 7.75. The molecule has 0 fully saturated rings. The summed E-state index contributed by atoms with van der Waals surface area (Å²) in [4.78, 5) is 37.2. The number of amides is 1. The number of benzene rings is 4. The number of halogens is 1. The van der Waals surface area contributed by atoms with Crippen molar-refractivity contribution in [3.8, 4) is 17.2 Å². The maximum Gasteiger partial charge on any atom is 0.343 e. The Balaban J connectivity index is 1.46. The number of rotatable bonds is 9. The minimum Gasteiger partial charge on any atom is -0.484 e. The van der Waals surface area contributed by atoms with Crippen molar-refractivity contribution in [2.45, 2.75) is 0 Å². The number of nitrogens with zero attached hydrogens (tertiary/aromatic N) is 1. The number of nitrogens with one attached hydrogen (secondary N) is 1. The summed E-state index contributed by atoms with van der Waals surface area (Å²) in [6.45, 7) is -0.354. The van der Waals surface area contributed by atoms with Gasteiger partial charge in [-0.15, -0.1) is 0 Å².